The Morgan fingerprint density at radius 3 is 2.71 bits per heavy atom. The second-order valence-corrected chi connectivity index (χ2v) is 6.12. The summed E-state index contributed by atoms with van der Waals surface area (Å²) in [6.45, 7) is 0.139. The van der Waals surface area contributed by atoms with Gasteiger partial charge >= 0.3 is 5.97 Å². The van der Waals surface area contributed by atoms with Gasteiger partial charge in [0.1, 0.15) is 0 Å². The third kappa shape index (κ3) is 3.04. The van der Waals surface area contributed by atoms with Crippen LogP contribution >= 0.6 is 0 Å². The number of aromatic carboxylic acids is 1. The first kappa shape index (κ1) is 12.1. The van der Waals surface area contributed by atoms with Gasteiger partial charge in [0.15, 0.2) is 0 Å². The fourth-order valence-corrected chi connectivity index (χ4v) is 2.85. The van der Waals surface area contributed by atoms with Crippen LogP contribution in [-0.2, 0) is 16.6 Å². The first-order chi connectivity index (χ1) is 7.99. The van der Waals surface area contributed by atoms with E-state index in [1.54, 1.807) is 12.1 Å². The lowest BCUT2D eigenvalue weighted by Gasteiger charge is -2.06. The van der Waals surface area contributed by atoms with Crippen LogP contribution in [-0.4, -0.2) is 24.7 Å². The van der Waals surface area contributed by atoms with E-state index in [9.17, 15) is 13.2 Å². The van der Waals surface area contributed by atoms with Gasteiger partial charge in [-0.2, -0.15) is 0 Å². The minimum absolute atomic E-state index is 0.139. The van der Waals surface area contributed by atoms with Gasteiger partial charge in [0.05, 0.1) is 10.8 Å². The van der Waals surface area contributed by atoms with Gasteiger partial charge in [-0.3, -0.25) is 0 Å². The minimum Gasteiger partial charge on any atom is -0.478 e. The van der Waals surface area contributed by atoms with Gasteiger partial charge in [-0.1, -0.05) is 12.1 Å². The highest BCUT2D eigenvalue weighted by atomic mass is 32.2. The van der Waals surface area contributed by atoms with Gasteiger partial charge in [-0.05, 0) is 30.5 Å². The molecule has 2 N–H and O–H groups in total. The summed E-state index contributed by atoms with van der Waals surface area (Å²) in [6.07, 6.45) is 1.43. The molecule has 2 rings (SSSR count). The van der Waals surface area contributed by atoms with Gasteiger partial charge < -0.3 is 5.11 Å². The Balaban J connectivity index is 2.04. The molecule has 0 radical (unpaired) electrons. The number of carboxylic acid groups (broad SMARTS) is 1. The maximum Gasteiger partial charge on any atom is 0.335 e. The van der Waals surface area contributed by atoms with Crippen LogP contribution in [0.15, 0.2) is 24.3 Å². The molecule has 0 amide bonds. The molecule has 0 aromatic heterocycles. The quantitative estimate of drug-likeness (QED) is 0.821. The highest BCUT2D eigenvalue weighted by molar-refractivity contribution is 7.90. The molecular formula is C11H13NO4S. The second kappa shape index (κ2) is 4.46. The van der Waals surface area contributed by atoms with E-state index in [0.29, 0.717) is 18.4 Å². The van der Waals surface area contributed by atoms with E-state index in [1.165, 1.54) is 12.1 Å². The van der Waals surface area contributed by atoms with Gasteiger partial charge in [-0.15, -0.1) is 0 Å². The molecule has 92 valence electrons. The largest absolute Gasteiger partial charge is 0.478 e. The molecule has 0 bridgehead atoms. The number of benzene rings is 1. The van der Waals surface area contributed by atoms with Gasteiger partial charge in [0, 0.05) is 6.54 Å². The standard InChI is InChI=1S/C11H13NO4S/c13-11(14)9-3-1-2-8(6-9)7-12-17(15,16)10-4-5-10/h1-3,6,10,12H,4-5,7H2,(H,13,14). The van der Waals surface area contributed by atoms with Crippen LogP contribution in [0.1, 0.15) is 28.8 Å². The first-order valence-electron chi connectivity index (χ1n) is 5.30. The molecule has 0 saturated heterocycles. The van der Waals surface area contributed by atoms with Gasteiger partial charge in [0.25, 0.3) is 0 Å². The molecule has 0 atom stereocenters. The highest BCUT2D eigenvalue weighted by Gasteiger charge is 2.35. The van der Waals surface area contributed by atoms with Gasteiger partial charge in [0.2, 0.25) is 10.0 Å². The molecule has 0 aliphatic heterocycles. The smallest absolute Gasteiger partial charge is 0.335 e. The molecule has 1 saturated carbocycles. The van der Waals surface area contributed by atoms with Crippen molar-refractivity contribution in [2.45, 2.75) is 24.6 Å². The van der Waals surface area contributed by atoms with Crippen molar-refractivity contribution in [3.05, 3.63) is 35.4 Å². The summed E-state index contributed by atoms with van der Waals surface area (Å²) in [4.78, 5) is 10.7. The predicted molar refractivity (Wildman–Crippen MR) is 62.2 cm³/mol. The van der Waals surface area contributed by atoms with E-state index in [4.69, 9.17) is 5.11 Å². The van der Waals surface area contributed by atoms with E-state index in [1.807, 2.05) is 0 Å². The average Bonchev–Trinajstić information content (AvgIpc) is 3.11. The van der Waals surface area contributed by atoms with Crippen molar-refractivity contribution in [1.29, 1.82) is 0 Å². The maximum absolute atomic E-state index is 11.6. The Hall–Kier alpha value is -1.40. The van der Waals surface area contributed by atoms with Crippen LogP contribution in [0.25, 0.3) is 0 Å². The molecule has 0 spiro atoms. The Morgan fingerprint density at radius 2 is 2.12 bits per heavy atom. The van der Waals surface area contributed by atoms with Gasteiger partial charge in [-0.25, -0.2) is 17.9 Å². The second-order valence-electron chi connectivity index (χ2n) is 4.07. The van der Waals surface area contributed by atoms with E-state index < -0.39 is 16.0 Å². The Kier molecular flexibility index (Phi) is 3.17. The summed E-state index contributed by atoms with van der Waals surface area (Å²) in [6, 6.07) is 6.24. The van der Waals surface area contributed by atoms with Crippen molar-refractivity contribution in [3.63, 3.8) is 0 Å². The molecule has 0 unspecified atom stereocenters. The number of carbonyl (C=O) groups is 1. The normalized spacial score (nSPS) is 15.8. The predicted octanol–water partition coefficient (Wildman–Crippen LogP) is 0.967. The third-order valence-electron chi connectivity index (χ3n) is 2.61. The number of nitrogens with one attached hydrogen (secondary N) is 1. The maximum atomic E-state index is 11.6. The number of carboxylic acids is 1. The minimum atomic E-state index is -3.22. The van der Waals surface area contributed by atoms with E-state index in [2.05, 4.69) is 4.72 Å². The monoisotopic (exact) mass is 255 g/mol. The summed E-state index contributed by atoms with van der Waals surface area (Å²) in [5.41, 5.74) is 0.808. The number of sulfonamides is 1. The zero-order valence-electron chi connectivity index (χ0n) is 9.09. The molecule has 1 aliphatic carbocycles. The van der Waals surface area contributed by atoms with Crippen LogP contribution in [0.5, 0.6) is 0 Å². The first-order valence-corrected chi connectivity index (χ1v) is 6.84. The topological polar surface area (TPSA) is 83.5 Å². The van der Waals surface area contributed by atoms with E-state index in [-0.39, 0.29) is 17.4 Å². The van der Waals surface area contributed by atoms with Crippen molar-refractivity contribution in [2.24, 2.45) is 0 Å². The lowest BCUT2D eigenvalue weighted by atomic mass is 10.1. The molecule has 1 aromatic rings. The summed E-state index contributed by atoms with van der Waals surface area (Å²) in [7, 11) is -3.22. The van der Waals surface area contributed by atoms with Crippen LogP contribution in [0.2, 0.25) is 0 Å². The summed E-state index contributed by atoms with van der Waals surface area (Å²) >= 11 is 0. The molecule has 1 aliphatic rings. The van der Waals surface area contributed by atoms with Crippen molar-refractivity contribution in [3.8, 4) is 0 Å². The van der Waals surface area contributed by atoms with Crippen LogP contribution in [0, 0.1) is 0 Å². The van der Waals surface area contributed by atoms with Crippen molar-refractivity contribution < 1.29 is 18.3 Å². The summed E-state index contributed by atoms with van der Waals surface area (Å²) in [5, 5.41) is 8.54. The Morgan fingerprint density at radius 1 is 1.41 bits per heavy atom. The zero-order valence-corrected chi connectivity index (χ0v) is 9.90. The highest BCUT2D eigenvalue weighted by Crippen LogP contribution is 2.27. The SMILES string of the molecule is O=C(O)c1cccc(CNS(=O)(=O)C2CC2)c1. The molecule has 5 nitrogen and oxygen atoms in total. The molecule has 1 fully saturated rings. The average molecular weight is 255 g/mol. The number of rotatable bonds is 5. The zero-order chi connectivity index (χ0) is 12.5. The molecule has 0 heterocycles. The fraction of sp³-hybridized carbons (Fsp3) is 0.364. The van der Waals surface area contributed by atoms with E-state index >= 15 is 0 Å². The summed E-state index contributed by atoms with van der Waals surface area (Å²) < 4.78 is 25.6. The number of hydrogen-bond donors (Lipinski definition) is 2. The summed E-state index contributed by atoms with van der Waals surface area (Å²) in [5.74, 6) is -1.02. The third-order valence-corrected chi connectivity index (χ3v) is 4.51. The van der Waals surface area contributed by atoms with Crippen LogP contribution in [0.4, 0.5) is 0 Å². The lowest BCUT2D eigenvalue weighted by molar-refractivity contribution is 0.0696. The Bertz CT molecular complexity index is 534. The molecule has 17 heavy (non-hydrogen) atoms. The van der Waals surface area contributed by atoms with Crippen LogP contribution in [0.3, 0.4) is 0 Å². The molecule has 1 aromatic carbocycles. The molecular weight excluding hydrogens is 242 g/mol. The number of hydrogen-bond acceptors (Lipinski definition) is 3. The van der Waals surface area contributed by atoms with Crippen LogP contribution < -0.4 is 4.72 Å². The lowest BCUT2D eigenvalue weighted by Crippen LogP contribution is -2.26. The van der Waals surface area contributed by atoms with Crippen molar-refractivity contribution in [2.75, 3.05) is 0 Å². The molecule has 6 heteroatoms. The van der Waals surface area contributed by atoms with Crippen molar-refractivity contribution in [1.82, 2.24) is 4.72 Å². The van der Waals surface area contributed by atoms with E-state index in [0.717, 1.165) is 0 Å². The van der Waals surface area contributed by atoms with Crippen molar-refractivity contribution >= 4 is 16.0 Å². The Labute approximate surface area is 99.5 Å². The fourth-order valence-electron chi connectivity index (χ4n) is 1.49.